The fourth-order valence-electron chi connectivity index (χ4n) is 2.55. The first kappa shape index (κ1) is 18.7. The summed E-state index contributed by atoms with van der Waals surface area (Å²) in [5.41, 5.74) is 1.54. The number of halogens is 1. The molecule has 0 spiro atoms. The van der Waals surface area contributed by atoms with E-state index in [1.807, 2.05) is 24.5 Å². The molecule has 2 aromatic heterocycles. The van der Waals surface area contributed by atoms with Gasteiger partial charge in [0.05, 0.1) is 29.2 Å². The summed E-state index contributed by atoms with van der Waals surface area (Å²) >= 11 is 4.78. The Morgan fingerprint density at radius 1 is 1.35 bits per heavy atom. The van der Waals surface area contributed by atoms with Crippen LogP contribution in [0.4, 0.5) is 0 Å². The minimum absolute atomic E-state index is 0.0186. The molecule has 1 aromatic carbocycles. The van der Waals surface area contributed by atoms with Crippen LogP contribution >= 0.6 is 27.7 Å². The summed E-state index contributed by atoms with van der Waals surface area (Å²) in [6.45, 7) is 4.62. The molecular weight excluding hydrogens is 418 g/mol. The average Bonchev–Trinajstić information content (AvgIpc) is 3.24. The number of aromatic nitrogens is 3. The van der Waals surface area contributed by atoms with Crippen LogP contribution in [0.15, 0.2) is 44.6 Å². The smallest absolute Gasteiger partial charge is 0.191 e. The largest absolute Gasteiger partial charge is 0.496 e. The second kappa shape index (κ2) is 8.09. The van der Waals surface area contributed by atoms with Crippen LogP contribution in [0.5, 0.6) is 5.75 Å². The van der Waals surface area contributed by atoms with Crippen LogP contribution in [0, 0.1) is 6.92 Å². The van der Waals surface area contributed by atoms with Crippen molar-refractivity contribution in [2.24, 2.45) is 0 Å². The zero-order chi connectivity index (χ0) is 18.7. The van der Waals surface area contributed by atoms with Gasteiger partial charge in [-0.15, -0.1) is 10.2 Å². The lowest BCUT2D eigenvalue weighted by Crippen LogP contribution is -2.05. The highest BCUT2D eigenvalue weighted by Gasteiger charge is 2.18. The Bertz CT molecular complexity index is 936. The van der Waals surface area contributed by atoms with E-state index in [9.17, 15) is 4.79 Å². The highest BCUT2D eigenvalue weighted by atomic mass is 79.9. The van der Waals surface area contributed by atoms with Crippen molar-refractivity contribution in [1.29, 1.82) is 0 Å². The molecule has 0 aliphatic heterocycles. The molecule has 0 saturated carbocycles. The standard InChI is InChI=1S/C18H18BrN3O3S/c1-4-22-17(13-7-8-25-11(13)2)20-21-18(22)26-10-15(23)12-5-6-16(24-3)14(19)9-12/h5-9H,4,10H2,1-3H3. The van der Waals surface area contributed by atoms with E-state index in [1.165, 1.54) is 11.8 Å². The van der Waals surface area contributed by atoms with Gasteiger partial charge in [-0.05, 0) is 54.0 Å². The van der Waals surface area contributed by atoms with Gasteiger partial charge in [0, 0.05) is 12.1 Å². The molecule has 0 unspecified atom stereocenters. The molecule has 2 heterocycles. The number of hydrogen-bond donors (Lipinski definition) is 0. The molecule has 0 N–H and O–H groups in total. The van der Waals surface area contributed by atoms with Crippen LogP contribution in [0.2, 0.25) is 0 Å². The normalized spacial score (nSPS) is 10.9. The van der Waals surface area contributed by atoms with Crippen molar-refractivity contribution < 1.29 is 13.9 Å². The number of aryl methyl sites for hydroxylation is 1. The number of carbonyl (C=O) groups is 1. The monoisotopic (exact) mass is 435 g/mol. The lowest BCUT2D eigenvalue weighted by molar-refractivity contribution is 0.102. The number of ketones is 1. The summed E-state index contributed by atoms with van der Waals surface area (Å²) in [4.78, 5) is 12.5. The SMILES string of the molecule is CCn1c(SCC(=O)c2ccc(OC)c(Br)c2)nnc1-c1ccoc1C. The molecule has 0 bridgehead atoms. The lowest BCUT2D eigenvalue weighted by Gasteiger charge is -2.07. The Labute approximate surface area is 164 Å². The Morgan fingerprint density at radius 3 is 2.77 bits per heavy atom. The molecule has 6 nitrogen and oxygen atoms in total. The second-order valence-corrected chi connectivity index (χ2v) is 7.30. The Balaban J connectivity index is 1.76. The molecule has 3 rings (SSSR count). The number of carbonyl (C=O) groups excluding carboxylic acids is 1. The van der Waals surface area contributed by atoms with Gasteiger partial charge in [0.25, 0.3) is 0 Å². The van der Waals surface area contributed by atoms with E-state index in [0.717, 1.165) is 21.6 Å². The summed E-state index contributed by atoms with van der Waals surface area (Å²) in [6.07, 6.45) is 1.64. The van der Waals surface area contributed by atoms with Gasteiger partial charge >= 0.3 is 0 Å². The third-order valence-corrected chi connectivity index (χ3v) is 5.53. The van der Waals surface area contributed by atoms with Gasteiger partial charge in [0.1, 0.15) is 11.5 Å². The zero-order valence-electron chi connectivity index (χ0n) is 14.7. The maximum atomic E-state index is 12.5. The molecular formula is C18H18BrN3O3S. The molecule has 0 aliphatic rings. The van der Waals surface area contributed by atoms with E-state index >= 15 is 0 Å². The molecule has 3 aromatic rings. The molecule has 0 radical (unpaired) electrons. The first-order valence-corrected chi connectivity index (χ1v) is 9.80. The van der Waals surface area contributed by atoms with E-state index in [1.54, 1.807) is 31.6 Å². The maximum Gasteiger partial charge on any atom is 0.191 e. The highest BCUT2D eigenvalue weighted by molar-refractivity contribution is 9.10. The number of methoxy groups -OCH3 is 1. The molecule has 0 amide bonds. The Hall–Kier alpha value is -2.06. The van der Waals surface area contributed by atoms with Crippen molar-refractivity contribution in [3.63, 3.8) is 0 Å². The number of Topliss-reactive ketones (excluding diaryl/α,β-unsaturated/α-hetero) is 1. The van der Waals surface area contributed by atoms with E-state index in [0.29, 0.717) is 23.0 Å². The van der Waals surface area contributed by atoms with Crippen molar-refractivity contribution in [3.05, 3.63) is 46.3 Å². The summed E-state index contributed by atoms with van der Waals surface area (Å²) in [5.74, 6) is 2.54. The van der Waals surface area contributed by atoms with Crippen LogP contribution in [0.1, 0.15) is 23.0 Å². The maximum absolute atomic E-state index is 12.5. The number of nitrogens with zero attached hydrogens (tertiary/aromatic N) is 3. The fourth-order valence-corrected chi connectivity index (χ4v) is 3.99. The van der Waals surface area contributed by atoms with Gasteiger partial charge in [-0.1, -0.05) is 11.8 Å². The lowest BCUT2D eigenvalue weighted by atomic mass is 10.1. The molecule has 8 heteroatoms. The summed E-state index contributed by atoms with van der Waals surface area (Å²) in [5, 5.41) is 9.23. The van der Waals surface area contributed by atoms with Gasteiger partial charge in [-0.2, -0.15) is 0 Å². The van der Waals surface area contributed by atoms with Crippen LogP contribution in [0.25, 0.3) is 11.4 Å². The summed E-state index contributed by atoms with van der Waals surface area (Å²) in [6, 6.07) is 7.18. The summed E-state index contributed by atoms with van der Waals surface area (Å²) < 4.78 is 13.3. The van der Waals surface area contributed by atoms with Crippen molar-refractivity contribution >= 4 is 33.5 Å². The topological polar surface area (TPSA) is 70.2 Å². The minimum Gasteiger partial charge on any atom is -0.496 e. The van der Waals surface area contributed by atoms with Gasteiger partial charge in [-0.3, -0.25) is 4.79 Å². The molecule has 136 valence electrons. The van der Waals surface area contributed by atoms with Crippen molar-refractivity contribution in [2.75, 3.05) is 12.9 Å². The second-order valence-electron chi connectivity index (χ2n) is 5.50. The van der Waals surface area contributed by atoms with Gasteiger partial charge in [0.15, 0.2) is 16.8 Å². The quantitative estimate of drug-likeness (QED) is 0.398. The molecule has 26 heavy (non-hydrogen) atoms. The van der Waals surface area contributed by atoms with E-state index in [-0.39, 0.29) is 11.5 Å². The molecule has 0 saturated heterocycles. The number of rotatable bonds is 7. The number of ether oxygens (including phenoxy) is 1. The number of benzene rings is 1. The van der Waals surface area contributed by atoms with Gasteiger partial charge < -0.3 is 13.7 Å². The minimum atomic E-state index is 0.0186. The van der Waals surface area contributed by atoms with Gasteiger partial charge in [0.2, 0.25) is 0 Å². The van der Waals surface area contributed by atoms with Crippen LogP contribution < -0.4 is 4.74 Å². The Morgan fingerprint density at radius 2 is 2.15 bits per heavy atom. The number of furan rings is 1. The van der Waals surface area contributed by atoms with Crippen molar-refractivity contribution in [1.82, 2.24) is 14.8 Å². The van der Waals surface area contributed by atoms with Gasteiger partial charge in [-0.25, -0.2) is 0 Å². The molecule has 0 fully saturated rings. The number of hydrogen-bond acceptors (Lipinski definition) is 6. The van der Waals surface area contributed by atoms with E-state index in [4.69, 9.17) is 9.15 Å². The third-order valence-electron chi connectivity index (χ3n) is 3.94. The summed E-state index contributed by atoms with van der Waals surface area (Å²) in [7, 11) is 1.59. The van der Waals surface area contributed by atoms with Crippen molar-refractivity contribution in [3.8, 4) is 17.1 Å². The third kappa shape index (κ3) is 3.71. The highest BCUT2D eigenvalue weighted by Crippen LogP contribution is 2.29. The zero-order valence-corrected chi connectivity index (χ0v) is 17.1. The Kier molecular flexibility index (Phi) is 5.83. The van der Waals surface area contributed by atoms with Crippen LogP contribution in [0.3, 0.4) is 0 Å². The fraction of sp³-hybridized carbons (Fsp3) is 0.278. The van der Waals surface area contributed by atoms with Crippen LogP contribution in [-0.2, 0) is 6.54 Å². The molecule has 0 aliphatic carbocycles. The predicted octanol–water partition coefficient (Wildman–Crippen LogP) is 4.61. The van der Waals surface area contributed by atoms with E-state index in [2.05, 4.69) is 26.1 Å². The van der Waals surface area contributed by atoms with Crippen LogP contribution in [-0.4, -0.2) is 33.4 Å². The predicted molar refractivity (Wildman–Crippen MR) is 104 cm³/mol. The first-order valence-electron chi connectivity index (χ1n) is 8.02. The number of thioether (sulfide) groups is 1. The first-order chi connectivity index (χ1) is 12.5. The molecule has 0 atom stereocenters. The van der Waals surface area contributed by atoms with Crippen molar-refractivity contribution in [2.45, 2.75) is 25.5 Å². The van der Waals surface area contributed by atoms with E-state index < -0.39 is 0 Å². The average molecular weight is 436 g/mol.